The van der Waals surface area contributed by atoms with E-state index >= 15 is 0 Å². The van der Waals surface area contributed by atoms with E-state index in [0.29, 0.717) is 18.0 Å². The average Bonchev–Trinajstić information content (AvgIpc) is 3.24. The number of rotatable bonds is 4. The molecule has 3 heterocycles. The maximum Gasteiger partial charge on any atom is 0.249 e. The Balaban J connectivity index is 0.00000225. The first-order chi connectivity index (χ1) is 13.2. The number of hydrogen-bond donors (Lipinski definition) is 2. The third-order valence-corrected chi connectivity index (χ3v) is 5.17. The van der Waals surface area contributed by atoms with Crippen LogP contribution in [-0.2, 0) is 9.53 Å². The Morgan fingerprint density at radius 2 is 2.04 bits per heavy atom. The molecule has 0 bridgehead atoms. The van der Waals surface area contributed by atoms with Gasteiger partial charge in [-0.25, -0.2) is 9.97 Å². The molecular weight excluding hydrogens is 344 g/mol. The molecule has 7 nitrogen and oxygen atoms in total. The Morgan fingerprint density at radius 3 is 2.78 bits per heavy atom. The number of anilines is 1. The summed E-state index contributed by atoms with van der Waals surface area (Å²) in [6.45, 7) is 2.31. The number of para-hydroxylation sites is 1. The SMILES string of the molecule is O=C(NC1CCN(c2ccnc(-c3ccccc3O)n2)CC1)[C@H]1CCCO1.[HH]. The Bertz CT molecular complexity index is 806. The quantitative estimate of drug-likeness (QED) is 0.859. The van der Waals surface area contributed by atoms with E-state index in [1.807, 2.05) is 12.1 Å². The molecule has 0 radical (unpaired) electrons. The number of aromatic hydroxyl groups is 1. The molecule has 2 aromatic rings. The van der Waals surface area contributed by atoms with Crippen LogP contribution in [0.15, 0.2) is 36.5 Å². The number of aromatic nitrogens is 2. The molecule has 144 valence electrons. The number of nitrogens with one attached hydrogen (secondary N) is 1. The first kappa shape index (κ1) is 17.7. The second-order valence-electron chi connectivity index (χ2n) is 7.03. The van der Waals surface area contributed by atoms with Crippen molar-refractivity contribution in [3.8, 4) is 17.1 Å². The smallest absolute Gasteiger partial charge is 0.249 e. The van der Waals surface area contributed by atoms with Crippen LogP contribution in [0.3, 0.4) is 0 Å². The summed E-state index contributed by atoms with van der Waals surface area (Å²) in [5.74, 6) is 1.55. The molecule has 2 saturated heterocycles. The van der Waals surface area contributed by atoms with Crippen molar-refractivity contribution in [2.24, 2.45) is 0 Å². The highest BCUT2D eigenvalue weighted by Gasteiger charge is 2.27. The van der Waals surface area contributed by atoms with Crippen LogP contribution in [0.5, 0.6) is 5.75 Å². The fourth-order valence-electron chi connectivity index (χ4n) is 3.65. The standard InChI is InChI=1S/C20H24N4O3.H2/c25-16-5-2-1-4-15(16)19-21-10-7-18(23-19)24-11-8-14(9-12-24)22-20(26)17-6-3-13-27-17;/h1-2,4-5,7,10,14,17,25H,3,6,8-9,11-13H2,(H,22,26);1H/t17-;/m1./s1. The number of nitrogens with zero attached hydrogens (tertiary/aromatic N) is 3. The number of carbonyl (C=O) groups is 1. The summed E-state index contributed by atoms with van der Waals surface area (Å²) in [6.07, 6.45) is 4.97. The van der Waals surface area contributed by atoms with Gasteiger partial charge in [-0.1, -0.05) is 12.1 Å². The first-order valence-electron chi connectivity index (χ1n) is 9.49. The van der Waals surface area contributed by atoms with Crippen molar-refractivity contribution >= 4 is 11.7 Å². The van der Waals surface area contributed by atoms with Crippen LogP contribution in [0, 0.1) is 0 Å². The van der Waals surface area contributed by atoms with E-state index < -0.39 is 0 Å². The molecule has 0 saturated carbocycles. The van der Waals surface area contributed by atoms with Crippen LogP contribution in [0.4, 0.5) is 5.82 Å². The molecule has 1 atom stereocenters. The topological polar surface area (TPSA) is 87.6 Å². The van der Waals surface area contributed by atoms with E-state index in [1.54, 1.807) is 24.4 Å². The number of phenols is 1. The van der Waals surface area contributed by atoms with Crippen LogP contribution >= 0.6 is 0 Å². The second-order valence-corrected chi connectivity index (χ2v) is 7.03. The number of piperidine rings is 1. The van der Waals surface area contributed by atoms with Crippen molar-refractivity contribution in [2.75, 3.05) is 24.6 Å². The number of amides is 1. The monoisotopic (exact) mass is 370 g/mol. The van der Waals surface area contributed by atoms with Gasteiger partial charge in [0.05, 0.1) is 5.56 Å². The minimum Gasteiger partial charge on any atom is -0.507 e. The molecule has 2 aliphatic rings. The summed E-state index contributed by atoms with van der Waals surface area (Å²) in [5, 5.41) is 13.2. The van der Waals surface area contributed by atoms with Crippen LogP contribution in [-0.4, -0.2) is 52.8 Å². The Kier molecular flexibility index (Phi) is 5.20. The molecule has 0 spiro atoms. The van der Waals surface area contributed by atoms with Gasteiger partial charge in [0.1, 0.15) is 17.7 Å². The van der Waals surface area contributed by atoms with Crippen molar-refractivity contribution in [1.29, 1.82) is 0 Å². The minimum atomic E-state index is -0.272. The number of carbonyl (C=O) groups excluding carboxylic acids is 1. The summed E-state index contributed by atoms with van der Waals surface area (Å²) >= 11 is 0. The zero-order valence-electron chi connectivity index (χ0n) is 15.2. The van der Waals surface area contributed by atoms with Gasteiger partial charge in [0.15, 0.2) is 5.82 Å². The number of benzene rings is 1. The minimum absolute atomic E-state index is 0. The molecule has 1 aromatic heterocycles. The van der Waals surface area contributed by atoms with Crippen molar-refractivity contribution in [3.05, 3.63) is 36.5 Å². The van der Waals surface area contributed by atoms with Crippen LogP contribution in [0.1, 0.15) is 27.1 Å². The van der Waals surface area contributed by atoms with E-state index in [1.165, 1.54) is 0 Å². The maximum atomic E-state index is 12.2. The largest absolute Gasteiger partial charge is 0.507 e. The van der Waals surface area contributed by atoms with Crippen molar-refractivity contribution in [2.45, 2.75) is 37.8 Å². The fraction of sp³-hybridized carbons (Fsp3) is 0.450. The Morgan fingerprint density at radius 1 is 1.22 bits per heavy atom. The molecule has 0 unspecified atom stereocenters. The van der Waals surface area contributed by atoms with Crippen molar-refractivity contribution in [3.63, 3.8) is 0 Å². The molecule has 2 fully saturated rings. The lowest BCUT2D eigenvalue weighted by molar-refractivity contribution is -0.130. The molecule has 27 heavy (non-hydrogen) atoms. The van der Waals surface area contributed by atoms with Gasteiger partial charge in [-0.15, -0.1) is 0 Å². The van der Waals surface area contributed by atoms with Gasteiger partial charge in [-0.05, 0) is 43.9 Å². The van der Waals surface area contributed by atoms with Crippen molar-refractivity contribution < 1.29 is 16.1 Å². The molecule has 7 heteroatoms. The van der Waals surface area contributed by atoms with Crippen LogP contribution < -0.4 is 10.2 Å². The Labute approximate surface area is 159 Å². The van der Waals surface area contributed by atoms with Gasteiger partial charge in [0.25, 0.3) is 0 Å². The zero-order chi connectivity index (χ0) is 18.6. The third kappa shape index (κ3) is 4.03. The van der Waals surface area contributed by atoms with Crippen LogP contribution in [0.2, 0.25) is 0 Å². The molecule has 1 aromatic carbocycles. The summed E-state index contributed by atoms with van der Waals surface area (Å²) < 4.78 is 5.45. The molecular formula is C20H26N4O3. The van der Waals surface area contributed by atoms with Gasteiger partial charge >= 0.3 is 0 Å². The first-order valence-corrected chi connectivity index (χ1v) is 9.49. The van der Waals surface area contributed by atoms with Gasteiger partial charge in [-0.3, -0.25) is 4.79 Å². The predicted octanol–water partition coefficient (Wildman–Crippen LogP) is 2.36. The van der Waals surface area contributed by atoms with E-state index in [2.05, 4.69) is 20.2 Å². The summed E-state index contributed by atoms with van der Waals surface area (Å²) in [5.41, 5.74) is 0.623. The highest BCUT2D eigenvalue weighted by molar-refractivity contribution is 5.81. The molecule has 2 N–H and O–H groups in total. The highest BCUT2D eigenvalue weighted by Crippen LogP contribution is 2.27. The molecule has 1 amide bonds. The summed E-state index contributed by atoms with van der Waals surface area (Å²) in [7, 11) is 0. The van der Waals surface area contributed by atoms with E-state index in [0.717, 1.165) is 44.6 Å². The van der Waals surface area contributed by atoms with Crippen LogP contribution in [0.25, 0.3) is 11.4 Å². The van der Waals surface area contributed by atoms with Gasteiger partial charge in [0, 0.05) is 33.4 Å². The lowest BCUT2D eigenvalue weighted by atomic mass is 10.0. The number of ether oxygens (including phenoxy) is 1. The normalized spacial score (nSPS) is 20.6. The lowest BCUT2D eigenvalue weighted by Gasteiger charge is -2.33. The second kappa shape index (κ2) is 7.92. The third-order valence-electron chi connectivity index (χ3n) is 5.17. The Hall–Kier alpha value is -2.67. The van der Waals surface area contributed by atoms with Gasteiger partial charge in [0.2, 0.25) is 5.91 Å². The molecule has 4 rings (SSSR count). The van der Waals surface area contributed by atoms with E-state index in [4.69, 9.17) is 4.74 Å². The summed E-state index contributed by atoms with van der Waals surface area (Å²) in [6, 6.07) is 9.13. The maximum absolute atomic E-state index is 12.2. The van der Waals surface area contributed by atoms with Gasteiger partial charge < -0.3 is 20.1 Å². The lowest BCUT2D eigenvalue weighted by Crippen LogP contribution is -2.47. The summed E-state index contributed by atoms with van der Waals surface area (Å²) in [4.78, 5) is 23.3. The van der Waals surface area contributed by atoms with E-state index in [-0.39, 0.29) is 25.2 Å². The zero-order valence-corrected chi connectivity index (χ0v) is 15.2. The van der Waals surface area contributed by atoms with E-state index in [9.17, 15) is 9.90 Å². The average molecular weight is 370 g/mol. The fourth-order valence-corrected chi connectivity index (χ4v) is 3.65. The number of phenolic OH excluding ortho intramolecular Hbond substituents is 1. The van der Waals surface area contributed by atoms with Crippen molar-refractivity contribution in [1.82, 2.24) is 15.3 Å². The van der Waals surface area contributed by atoms with Gasteiger partial charge in [-0.2, -0.15) is 0 Å². The predicted molar refractivity (Wildman–Crippen MR) is 104 cm³/mol. The highest BCUT2D eigenvalue weighted by atomic mass is 16.5. The molecule has 0 aliphatic carbocycles. The number of hydrogen-bond acceptors (Lipinski definition) is 6. The molecule has 2 aliphatic heterocycles.